The maximum absolute atomic E-state index is 8.99. The predicted octanol–water partition coefficient (Wildman–Crippen LogP) is 4.10. The van der Waals surface area contributed by atoms with Crippen molar-refractivity contribution >= 4 is 5.69 Å². The molecular formula is C15H22N2. The van der Waals surface area contributed by atoms with E-state index in [0.717, 1.165) is 30.1 Å². The molecule has 2 nitrogen and oxygen atoms in total. The highest BCUT2D eigenvalue weighted by Crippen LogP contribution is 2.17. The van der Waals surface area contributed by atoms with E-state index in [-0.39, 0.29) is 0 Å². The van der Waals surface area contributed by atoms with Crippen LogP contribution in [0.2, 0.25) is 0 Å². The van der Waals surface area contributed by atoms with Crippen LogP contribution in [0.5, 0.6) is 0 Å². The van der Waals surface area contributed by atoms with Gasteiger partial charge in [-0.05, 0) is 37.0 Å². The average molecular weight is 230 g/mol. The Kier molecular flexibility index (Phi) is 5.56. The third-order valence-electron chi connectivity index (χ3n) is 2.82. The Morgan fingerprint density at radius 2 is 2.06 bits per heavy atom. The second kappa shape index (κ2) is 6.96. The second-order valence-electron chi connectivity index (χ2n) is 4.98. The fourth-order valence-corrected chi connectivity index (χ4v) is 1.80. The molecule has 0 saturated heterocycles. The lowest BCUT2D eigenvalue weighted by Crippen LogP contribution is -2.04. The largest absolute Gasteiger partial charge is 0.384 e. The minimum absolute atomic E-state index is 0.736. The monoisotopic (exact) mass is 230 g/mol. The summed E-state index contributed by atoms with van der Waals surface area (Å²) in [5, 5.41) is 12.4. The molecule has 1 aromatic carbocycles. The van der Waals surface area contributed by atoms with Crippen molar-refractivity contribution in [3.63, 3.8) is 0 Å². The molecule has 2 heteroatoms. The smallest absolute Gasteiger partial charge is 0.101 e. The third kappa shape index (κ3) is 4.91. The van der Waals surface area contributed by atoms with Gasteiger partial charge in [0.05, 0.1) is 11.3 Å². The van der Waals surface area contributed by atoms with Crippen molar-refractivity contribution < 1.29 is 0 Å². The summed E-state index contributed by atoms with van der Waals surface area (Å²) >= 11 is 0. The van der Waals surface area contributed by atoms with Gasteiger partial charge in [-0.15, -0.1) is 0 Å². The van der Waals surface area contributed by atoms with Crippen molar-refractivity contribution in [3.8, 4) is 6.07 Å². The van der Waals surface area contributed by atoms with Gasteiger partial charge in [0.2, 0.25) is 0 Å². The number of hydrogen-bond donors (Lipinski definition) is 1. The molecule has 0 bridgehead atoms. The molecular weight excluding hydrogens is 208 g/mol. The normalized spacial score (nSPS) is 10.3. The molecule has 1 rings (SSSR count). The van der Waals surface area contributed by atoms with Crippen molar-refractivity contribution in [1.29, 1.82) is 5.26 Å². The molecule has 17 heavy (non-hydrogen) atoms. The van der Waals surface area contributed by atoms with Crippen LogP contribution in [-0.4, -0.2) is 6.54 Å². The number of aryl methyl sites for hydroxylation is 1. The number of nitriles is 1. The number of hydrogen-bond acceptors (Lipinski definition) is 2. The highest BCUT2D eigenvalue weighted by Gasteiger charge is 2.01. The fraction of sp³-hybridized carbons (Fsp3) is 0.533. The summed E-state index contributed by atoms with van der Waals surface area (Å²) in [6.07, 6.45) is 3.69. The first kappa shape index (κ1) is 13.6. The Bertz CT molecular complexity index is 388. The molecule has 0 aliphatic rings. The van der Waals surface area contributed by atoms with Crippen LogP contribution in [-0.2, 0) is 0 Å². The molecule has 0 aromatic heterocycles. The van der Waals surface area contributed by atoms with Crippen LogP contribution in [0.4, 0.5) is 5.69 Å². The topological polar surface area (TPSA) is 35.8 Å². The van der Waals surface area contributed by atoms with Crippen molar-refractivity contribution in [3.05, 3.63) is 29.3 Å². The minimum atomic E-state index is 0.736. The highest BCUT2D eigenvalue weighted by molar-refractivity contribution is 5.58. The van der Waals surface area contributed by atoms with E-state index in [9.17, 15) is 0 Å². The van der Waals surface area contributed by atoms with Crippen LogP contribution < -0.4 is 5.32 Å². The zero-order valence-electron chi connectivity index (χ0n) is 11.1. The SMILES string of the molecule is Cc1ccc(C#N)c(NCCCCC(C)C)c1. The number of benzene rings is 1. The molecule has 92 valence electrons. The van der Waals surface area contributed by atoms with E-state index in [1.165, 1.54) is 18.4 Å². The Morgan fingerprint density at radius 1 is 1.29 bits per heavy atom. The van der Waals surface area contributed by atoms with E-state index in [2.05, 4.69) is 25.2 Å². The number of nitrogens with one attached hydrogen (secondary N) is 1. The van der Waals surface area contributed by atoms with Crippen molar-refractivity contribution in [2.24, 2.45) is 5.92 Å². The molecule has 0 atom stereocenters. The third-order valence-corrected chi connectivity index (χ3v) is 2.82. The molecule has 0 radical (unpaired) electrons. The van der Waals surface area contributed by atoms with Crippen molar-refractivity contribution in [2.45, 2.75) is 40.0 Å². The fourth-order valence-electron chi connectivity index (χ4n) is 1.80. The maximum Gasteiger partial charge on any atom is 0.101 e. The Hall–Kier alpha value is -1.49. The summed E-state index contributed by atoms with van der Waals surface area (Å²) in [6.45, 7) is 7.50. The quantitative estimate of drug-likeness (QED) is 0.747. The van der Waals surface area contributed by atoms with Gasteiger partial charge in [0.25, 0.3) is 0 Å². The summed E-state index contributed by atoms with van der Waals surface area (Å²) in [5.74, 6) is 0.781. The average Bonchev–Trinajstić information content (AvgIpc) is 2.28. The van der Waals surface area contributed by atoms with Crippen LogP contribution in [0.25, 0.3) is 0 Å². The summed E-state index contributed by atoms with van der Waals surface area (Å²) < 4.78 is 0. The predicted molar refractivity (Wildman–Crippen MR) is 73.1 cm³/mol. The van der Waals surface area contributed by atoms with Gasteiger partial charge >= 0.3 is 0 Å². The van der Waals surface area contributed by atoms with Crippen LogP contribution >= 0.6 is 0 Å². The molecule has 0 unspecified atom stereocenters. The van der Waals surface area contributed by atoms with Crippen molar-refractivity contribution in [2.75, 3.05) is 11.9 Å². The van der Waals surface area contributed by atoms with Crippen LogP contribution in [0.3, 0.4) is 0 Å². The zero-order valence-corrected chi connectivity index (χ0v) is 11.1. The zero-order chi connectivity index (χ0) is 12.7. The molecule has 1 N–H and O–H groups in total. The van der Waals surface area contributed by atoms with Gasteiger partial charge < -0.3 is 5.32 Å². The summed E-state index contributed by atoms with van der Waals surface area (Å²) in [5.41, 5.74) is 2.89. The van der Waals surface area contributed by atoms with Gasteiger partial charge in [-0.3, -0.25) is 0 Å². The lowest BCUT2D eigenvalue weighted by atomic mass is 10.1. The molecule has 0 aliphatic heterocycles. The first-order valence-electron chi connectivity index (χ1n) is 6.38. The molecule has 0 saturated carbocycles. The highest BCUT2D eigenvalue weighted by atomic mass is 14.9. The van der Waals surface area contributed by atoms with Gasteiger partial charge in [0, 0.05) is 6.54 Å². The Balaban J connectivity index is 2.41. The summed E-state index contributed by atoms with van der Waals surface area (Å²) in [4.78, 5) is 0. The Labute approximate surface area is 105 Å². The molecule has 0 amide bonds. The number of unbranched alkanes of at least 4 members (excludes halogenated alkanes) is 1. The van der Waals surface area contributed by atoms with Gasteiger partial charge in [0.1, 0.15) is 6.07 Å². The summed E-state index contributed by atoms with van der Waals surface area (Å²) in [7, 11) is 0. The number of anilines is 1. The Morgan fingerprint density at radius 3 is 2.71 bits per heavy atom. The molecule has 0 fully saturated rings. The van der Waals surface area contributed by atoms with E-state index >= 15 is 0 Å². The summed E-state index contributed by atoms with van der Waals surface area (Å²) in [6, 6.07) is 8.12. The van der Waals surface area contributed by atoms with E-state index in [1.54, 1.807) is 0 Å². The molecule has 1 aromatic rings. The van der Waals surface area contributed by atoms with E-state index in [0.29, 0.717) is 0 Å². The molecule has 0 heterocycles. The van der Waals surface area contributed by atoms with Crippen LogP contribution in [0.1, 0.15) is 44.2 Å². The van der Waals surface area contributed by atoms with Crippen molar-refractivity contribution in [1.82, 2.24) is 0 Å². The number of rotatable bonds is 6. The van der Waals surface area contributed by atoms with Crippen LogP contribution in [0, 0.1) is 24.2 Å². The van der Waals surface area contributed by atoms with Gasteiger partial charge in [-0.2, -0.15) is 5.26 Å². The van der Waals surface area contributed by atoms with Crippen LogP contribution in [0.15, 0.2) is 18.2 Å². The van der Waals surface area contributed by atoms with E-state index in [1.807, 2.05) is 25.1 Å². The standard InChI is InChI=1S/C15H22N2/c1-12(2)6-4-5-9-17-15-10-13(3)7-8-14(15)11-16/h7-8,10,12,17H,4-6,9H2,1-3H3. The van der Waals surface area contributed by atoms with Gasteiger partial charge in [0.15, 0.2) is 0 Å². The first-order chi connectivity index (χ1) is 8.13. The lowest BCUT2D eigenvalue weighted by Gasteiger charge is -2.09. The van der Waals surface area contributed by atoms with E-state index < -0.39 is 0 Å². The van der Waals surface area contributed by atoms with Gasteiger partial charge in [-0.1, -0.05) is 32.8 Å². The maximum atomic E-state index is 8.99. The van der Waals surface area contributed by atoms with Gasteiger partial charge in [-0.25, -0.2) is 0 Å². The van der Waals surface area contributed by atoms with E-state index in [4.69, 9.17) is 5.26 Å². The molecule has 0 spiro atoms. The minimum Gasteiger partial charge on any atom is -0.384 e. The lowest BCUT2D eigenvalue weighted by molar-refractivity contribution is 0.545. The second-order valence-corrected chi connectivity index (χ2v) is 4.98. The molecule has 0 aliphatic carbocycles. The first-order valence-corrected chi connectivity index (χ1v) is 6.38. The number of nitrogens with zero attached hydrogens (tertiary/aromatic N) is 1.